The number of hydrogen-bond acceptors (Lipinski definition) is 6. The standard InChI is InChI=1S/C38H35N3O4S2/c1-2-3-18-41-34-24-31-28(14-13-26-9-4-6-11-30(26)31)22-36(34)46-38(41)25-37-40(19-8-21-47(42,43)44)33-23-29(15-16-35(33)45-37)39-20-17-27-10-5-7-12-32(27)39/h4-7,9-17,20,22-23,25,31H,2-3,8,18-19,21,24H2,1H3. The number of para-hydroxylation sites is 1. The lowest BCUT2D eigenvalue weighted by Crippen LogP contribution is -2.40. The molecule has 1 unspecified atom stereocenters. The molecule has 0 fully saturated rings. The Morgan fingerprint density at radius 2 is 1.89 bits per heavy atom. The maximum absolute atomic E-state index is 11.6. The fourth-order valence-electron chi connectivity index (χ4n) is 7.06. The highest BCUT2D eigenvalue weighted by Gasteiger charge is 2.36. The van der Waals surface area contributed by atoms with Crippen molar-refractivity contribution in [3.05, 3.63) is 123 Å². The molecule has 5 aromatic rings. The van der Waals surface area contributed by atoms with Gasteiger partial charge in [-0.15, -0.1) is 0 Å². The summed E-state index contributed by atoms with van der Waals surface area (Å²) in [6.45, 7) is 3.46. The summed E-state index contributed by atoms with van der Waals surface area (Å²) >= 11 is 1.77. The molecule has 8 rings (SSSR count). The van der Waals surface area contributed by atoms with Gasteiger partial charge < -0.3 is 18.8 Å². The van der Waals surface area contributed by atoms with E-state index in [0.29, 0.717) is 24.1 Å². The molecule has 2 aromatic heterocycles. The first kappa shape index (κ1) is 29.9. The van der Waals surface area contributed by atoms with Crippen molar-refractivity contribution < 1.29 is 22.3 Å². The first-order valence-electron chi connectivity index (χ1n) is 16.2. The molecular formula is C38H35N3O4S2. The van der Waals surface area contributed by atoms with Gasteiger partial charge in [0.1, 0.15) is 11.4 Å². The average molecular weight is 662 g/mol. The van der Waals surface area contributed by atoms with Crippen molar-refractivity contribution in [2.24, 2.45) is 0 Å². The second-order valence-corrected chi connectivity index (χ2v) is 15.0. The fraction of sp³-hybridized carbons (Fsp3) is 0.237. The zero-order valence-corrected chi connectivity index (χ0v) is 27.8. The number of unbranched alkanes of at least 4 members (excludes halogenated alkanes) is 1. The lowest BCUT2D eigenvalue weighted by atomic mass is 9.78. The number of rotatable bonds is 9. The van der Waals surface area contributed by atoms with Crippen molar-refractivity contribution in [2.75, 3.05) is 17.2 Å². The zero-order chi connectivity index (χ0) is 32.1. The largest absolute Gasteiger partial charge is 0.748 e. The summed E-state index contributed by atoms with van der Waals surface area (Å²) in [6.07, 6.45) is 14.3. The molecule has 1 atom stereocenters. The topological polar surface area (TPSA) is 78.5 Å². The molecule has 0 bridgehead atoms. The molecule has 3 heterocycles. The fourth-order valence-corrected chi connectivity index (χ4v) is 8.74. The molecule has 1 aliphatic heterocycles. The number of fused-ring (bicyclic) bond motifs is 6. The highest BCUT2D eigenvalue weighted by atomic mass is 32.2. The molecule has 7 nitrogen and oxygen atoms in total. The quantitative estimate of drug-likeness (QED) is 0.120. The van der Waals surface area contributed by atoms with E-state index in [1.807, 2.05) is 29.2 Å². The lowest BCUT2D eigenvalue weighted by Gasteiger charge is -2.26. The number of benzene rings is 3. The van der Waals surface area contributed by atoms with Crippen LogP contribution in [-0.2, 0) is 23.1 Å². The Morgan fingerprint density at radius 3 is 2.77 bits per heavy atom. The third-order valence-corrected chi connectivity index (χ3v) is 11.3. The van der Waals surface area contributed by atoms with Crippen LogP contribution in [-0.4, -0.2) is 29.8 Å². The van der Waals surface area contributed by atoms with Crippen LogP contribution in [0, 0.1) is 0 Å². The van der Waals surface area contributed by atoms with E-state index < -0.39 is 15.9 Å². The van der Waals surface area contributed by atoms with Gasteiger partial charge in [0.2, 0.25) is 11.6 Å². The van der Waals surface area contributed by atoms with Crippen molar-refractivity contribution in [1.29, 1.82) is 0 Å². The molecule has 0 amide bonds. The number of hydrogen-bond donors (Lipinski definition) is 0. The van der Waals surface area contributed by atoms with Crippen molar-refractivity contribution >= 4 is 56.3 Å². The Bertz CT molecular complexity index is 2220. The highest BCUT2D eigenvalue weighted by molar-refractivity contribution is 7.85. The smallest absolute Gasteiger partial charge is 0.267 e. The Morgan fingerprint density at radius 1 is 1.04 bits per heavy atom. The first-order chi connectivity index (χ1) is 22.9. The van der Waals surface area contributed by atoms with Gasteiger partial charge in [-0.05, 0) is 64.9 Å². The van der Waals surface area contributed by atoms with E-state index in [4.69, 9.17) is 4.74 Å². The molecule has 238 valence electrons. The Labute approximate surface area is 279 Å². The summed E-state index contributed by atoms with van der Waals surface area (Å²) in [6, 6.07) is 25.1. The number of ether oxygens (including phenoxy) is 1. The summed E-state index contributed by atoms with van der Waals surface area (Å²) in [4.78, 5) is 3.29. The predicted octanol–water partition coefficient (Wildman–Crippen LogP) is 7.66. The molecule has 3 aromatic carbocycles. The molecule has 2 aliphatic carbocycles. The summed E-state index contributed by atoms with van der Waals surface area (Å²) in [5.74, 6) is 1.24. The van der Waals surface area contributed by atoms with Gasteiger partial charge in [0.15, 0.2) is 5.75 Å². The van der Waals surface area contributed by atoms with Crippen LogP contribution >= 0.6 is 11.3 Å². The number of anilines is 1. The molecule has 0 N–H and O–H groups in total. The van der Waals surface area contributed by atoms with Gasteiger partial charge in [0, 0.05) is 42.9 Å². The van der Waals surface area contributed by atoms with E-state index in [2.05, 4.69) is 95.1 Å². The normalized spacial score (nSPS) is 17.3. The van der Waals surface area contributed by atoms with E-state index in [0.717, 1.165) is 53.1 Å². The van der Waals surface area contributed by atoms with Crippen LogP contribution in [0.4, 0.5) is 5.69 Å². The summed E-state index contributed by atoms with van der Waals surface area (Å²) in [7, 11) is -4.34. The summed E-state index contributed by atoms with van der Waals surface area (Å²) < 4.78 is 45.8. The predicted molar refractivity (Wildman–Crippen MR) is 188 cm³/mol. The minimum Gasteiger partial charge on any atom is -0.748 e. The van der Waals surface area contributed by atoms with E-state index in [1.54, 1.807) is 11.3 Å². The van der Waals surface area contributed by atoms with Gasteiger partial charge >= 0.3 is 0 Å². The third-order valence-electron chi connectivity index (χ3n) is 9.36. The maximum Gasteiger partial charge on any atom is 0.267 e. The Hall–Kier alpha value is -4.44. The number of nitrogens with zero attached hydrogens (tertiary/aromatic N) is 3. The van der Waals surface area contributed by atoms with Gasteiger partial charge in [-0.25, -0.2) is 8.42 Å². The van der Waals surface area contributed by atoms with E-state index in [-0.39, 0.29) is 6.42 Å². The van der Waals surface area contributed by atoms with Crippen LogP contribution < -0.4 is 14.2 Å². The SMILES string of the molecule is CCCC[n+]1c(/C=C2\Oc3ccc(-n4ccc5ccccc54)cc3N2CCCS(=O)(=O)[O-])sc2c1CC1C(=C2)C=Cc2ccccc21. The molecular weight excluding hydrogens is 627 g/mol. The lowest BCUT2D eigenvalue weighted by molar-refractivity contribution is -0.701. The van der Waals surface area contributed by atoms with Gasteiger partial charge in [0.05, 0.1) is 27.4 Å². The summed E-state index contributed by atoms with van der Waals surface area (Å²) in [5.41, 5.74) is 8.27. The molecule has 3 aliphatic rings. The minimum absolute atomic E-state index is 0.193. The Balaban J connectivity index is 1.19. The molecule has 0 saturated heterocycles. The van der Waals surface area contributed by atoms with Crippen molar-refractivity contribution in [3.63, 3.8) is 0 Å². The van der Waals surface area contributed by atoms with Gasteiger partial charge in [0.25, 0.3) is 5.01 Å². The second-order valence-electron chi connectivity index (χ2n) is 12.4. The van der Waals surface area contributed by atoms with Crippen LogP contribution in [0.25, 0.3) is 34.8 Å². The third kappa shape index (κ3) is 5.62. The summed E-state index contributed by atoms with van der Waals surface area (Å²) in [5, 5.41) is 2.24. The van der Waals surface area contributed by atoms with E-state index in [1.165, 1.54) is 27.3 Å². The van der Waals surface area contributed by atoms with Gasteiger partial charge in [-0.1, -0.05) is 79.3 Å². The minimum atomic E-state index is -4.34. The number of aromatic nitrogens is 2. The number of allylic oxidation sites excluding steroid dienone is 2. The van der Waals surface area contributed by atoms with Crippen LogP contribution in [0.15, 0.2) is 96.5 Å². The highest BCUT2D eigenvalue weighted by Crippen LogP contribution is 2.44. The van der Waals surface area contributed by atoms with Crippen LogP contribution in [0.2, 0.25) is 0 Å². The first-order valence-corrected chi connectivity index (χ1v) is 18.6. The molecule has 0 spiro atoms. The van der Waals surface area contributed by atoms with Crippen molar-refractivity contribution in [2.45, 2.75) is 45.1 Å². The van der Waals surface area contributed by atoms with Crippen molar-refractivity contribution in [3.8, 4) is 11.4 Å². The van der Waals surface area contributed by atoms with Crippen LogP contribution in [0.1, 0.15) is 58.8 Å². The van der Waals surface area contributed by atoms with Gasteiger partial charge in [-0.3, -0.25) is 0 Å². The molecule has 0 radical (unpaired) electrons. The Kier molecular flexibility index (Phi) is 7.63. The van der Waals surface area contributed by atoms with Gasteiger partial charge in [-0.2, -0.15) is 4.57 Å². The maximum atomic E-state index is 11.6. The molecule has 47 heavy (non-hydrogen) atoms. The zero-order valence-electron chi connectivity index (χ0n) is 26.1. The monoisotopic (exact) mass is 661 g/mol. The van der Waals surface area contributed by atoms with Crippen LogP contribution in [0.5, 0.6) is 5.75 Å². The second kappa shape index (κ2) is 12.0. The molecule has 0 saturated carbocycles. The van der Waals surface area contributed by atoms with Crippen LogP contribution in [0.3, 0.4) is 0 Å². The number of thiazole rings is 1. The molecule has 9 heteroatoms. The van der Waals surface area contributed by atoms with Crippen molar-refractivity contribution in [1.82, 2.24) is 4.57 Å². The van der Waals surface area contributed by atoms with E-state index >= 15 is 0 Å². The average Bonchev–Trinajstić information content (AvgIpc) is 3.75. The van der Waals surface area contributed by atoms with E-state index in [9.17, 15) is 13.0 Å².